The number of carbonyl (C=O) groups excluding carboxylic acids is 3. The van der Waals surface area contributed by atoms with E-state index in [1.165, 1.54) is 17.7 Å². The van der Waals surface area contributed by atoms with E-state index in [4.69, 9.17) is 5.73 Å². The molecule has 0 saturated carbocycles. The van der Waals surface area contributed by atoms with Gasteiger partial charge < -0.3 is 26.2 Å². The van der Waals surface area contributed by atoms with E-state index in [2.05, 4.69) is 15.5 Å². The van der Waals surface area contributed by atoms with Crippen LogP contribution in [0.1, 0.15) is 55.2 Å². The molecular formula is C29H38FN5O3. The molecule has 8 nitrogen and oxygen atoms in total. The maximum Gasteiger partial charge on any atom is 0.245 e. The van der Waals surface area contributed by atoms with E-state index in [-0.39, 0.29) is 29.8 Å². The van der Waals surface area contributed by atoms with Crippen LogP contribution in [0.5, 0.6) is 0 Å². The van der Waals surface area contributed by atoms with Gasteiger partial charge in [-0.25, -0.2) is 4.39 Å². The van der Waals surface area contributed by atoms with Gasteiger partial charge in [0.05, 0.1) is 11.7 Å². The molecule has 4 rings (SSSR count). The van der Waals surface area contributed by atoms with E-state index < -0.39 is 29.7 Å². The summed E-state index contributed by atoms with van der Waals surface area (Å²) in [5, 5.41) is 5.49. The molecule has 0 spiro atoms. The molecule has 9 heteroatoms. The van der Waals surface area contributed by atoms with Crippen molar-refractivity contribution in [3.05, 3.63) is 65.0 Å². The molecule has 0 bridgehead atoms. The fraction of sp³-hybridized carbons (Fsp3) is 0.483. The summed E-state index contributed by atoms with van der Waals surface area (Å²) in [5.74, 6) is -2.06. The molecule has 2 aromatic carbocycles. The van der Waals surface area contributed by atoms with Crippen molar-refractivity contribution in [1.82, 2.24) is 15.1 Å². The number of hydrogen-bond donors (Lipinski definition) is 3. The minimum Gasteiger partial charge on any atom is -0.344 e. The summed E-state index contributed by atoms with van der Waals surface area (Å²) in [6, 6.07) is 10.8. The minimum atomic E-state index is -0.818. The van der Waals surface area contributed by atoms with Gasteiger partial charge in [-0.3, -0.25) is 14.4 Å². The smallest absolute Gasteiger partial charge is 0.245 e. The molecule has 4 N–H and O–H groups in total. The number of nitrogens with zero attached hydrogens (tertiary/aromatic N) is 2. The van der Waals surface area contributed by atoms with Gasteiger partial charge in [0.25, 0.3) is 0 Å². The van der Waals surface area contributed by atoms with Crippen molar-refractivity contribution in [2.75, 3.05) is 38.5 Å². The number of aryl methyl sites for hydroxylation is 1. The van der Waals surface area contributed by atoms with E-state index in [0.29, 0.717) is 18.7 Å². The lowest BCUT2D eigenvalue weighted by atomic mass is 9.91. The number of rotatable bonds is 8. The van der Waals surface area contributed by atoms with Gasteiger partial charge in [-0.05, 0) is 48.7 Å². The largest absolute Gasteiger partial charge is 0.344 e. The van der Waals surface area contributed by atoms with Crippen molar-refractivity contribution in [3.8, 4) is 0 Å². The molecule has 1 fully saturated rings. The number of fused-ring (bicyclic) bond motifs is 1. The van der Waals surface area contributed by atoms with Gasteiger partial charge in [0.1, 0.15) is 11.9 Å². The number of benzene rings is 2. The number of hydrogen-bond acceptors (Lipinski definition) is 5. The standard InChI is InChI=1S/C29H38FN5O3/c1-4-25(36)33-27(29(38)35-15-13-34(3)14-16-35)18(2)20-10-12-24(23(30)17-20)32-28(37)26(31)22-11-9-19-7-5-6-8-21(19)22/h5-8,10,12,17-18,22,26-27H,4,9,11,13-16,31H2,1-3H3,(H,32,37)(H,33,36)/t18-,22+,26-,27+/m0/s1. The molecule has 3 amide bonds. The van der Waals surface area contributed by atoms with Crippen molar-refractivity contribution in [2.45, 2.75) is 57.0 Å². The summed E-state index contributed by atoms with van der Waals surface area (Å²) in [7, 11) is 2.00. The Morgan fingerprint density at radius 1 is 1.11 bits per heavy atom. The van der Waals surface area contributed by atoms with Gasteiger partial charge >= 0.3 is 0 Å². The third-order valence-electron chi connectivity index (χ3n) is 7.91. The van der Waals surface area contributed by atoms with E-state index in [0.717, 1.165) is 31.5 Å². The number of likely N-dealkylation sites (N-methyl/N-ethyl adjacent to an activating group) is 1. The molecule has 1 heterocycles. The van der Waals surface area contributed by atoms with Crippen LogP contribution < -0.4 is 16.4 Å². The van der Waals surface area contributed by atoms with Crippen molar-refractivity contribution >= 4 is 23.4 Å². The fourth-order valence-corrected chi connectivity index (χ4v) is 5.37. The van der Waals surface area contributed by atoms with E-state index in [1.54, 1.807) is 24.8 Å². The zero-order valence-corrected chi connectivity index (χ0v) is 22.4. The third kappa shape index (κ3) is 6.05. The van der Waals surface area contributed by atoms with Crippen LogP contribution in [0.25, 0.3) is 0 Å². The lowest BCUT2D eigenvalue weighted by molar-refractivity contribution is -0.138. The Kier molecular flexibility index (Phi) is 8.79. The maximum absolute atomic E-state index is 15.2. The number of anilines is 1. The monoisotopic (exact) mass is 523 g/mol. The Labute approximate surface area is 223 Å². The van der Waals surface area contributed by atoms with Crippen LogP contribution >= 0.6 is 0 Å². The second-order valence-corrected chi connectivity index (χ2v) is 10.4. The van der Waals surface area contributed by atoms with Gasteiger partial charge in [-0.1, -0.05) is 44.2 Å². The summed E-state index contributed by atoms with van der Waals surface area (Å²) in [4.78, 5) is 42.5. The second-order valence-electron chi connectivity index (χ2n) is 10.4. The Morgan fingerprint density at radius 2 is 1.82 bits per heavy atom. The van der Waals surface area contributed by atoms with Crippen LogP contribution in [-0.4, -0.2) is 72.8 Å². The molecule has 1 aliphatic carbocycles. The Balaban J connectivity index is 1.47. The summed E-state index contributed by atoms with van der Waals surface area (Å²) < 4.78 is 15.2. The zero-order valence-electron chi connectivity index (χ0n) is 22.4. The minimum absolute atomic E-state index is 0.0345. The van der Waals surface area contributed by atoms with Crippen molar-refractivity contribution in [3.63, 3.8) is 0 Å². The van der Waals surface area contributed by atoms with Gasteiger partial charge in [0.15, 0.2) is 0 Å². The van der Waals surface area contributed by atoms with Crippen molar-refractivity contribution in [2.24, 2.45) is 5.73 Å². The Morgan fingerprint density at radius 3 is 2.50 bits per heavy atom. The van der Waals surface area contributed by atoms with Crippen LogP contribution in [0.15, 0.2) is 42.5 Å². The number of nitrogens with one attached hydrogen (secondary N) is 2. The third-order valence-corrected chi connectivity index (χ3v) is 7.91. The zero-order chi connectivity index (χ0) is 27.4. The second kappa shape index (κ2) is 12.0. The molecule has 2 aliphatic rings. The molecule has 2 aromatic rings. The first-order chi connectivity index (χ1) is 18.2. The normalized spacial score (nSPS) is 19.8. The first-order valence-corrected chi connectivity index (χ1v) is 13.4. The highest BCUT2D eigenvalue weighted by molar-refractivity contribution is 5.95. The molecule has 4 atom stereocenters. The average Bonchev–Trinajstić information content (AvgIpc) is 3.36. The summed E-state index contributed by atoms with van der Waals surface area (Å²) in [6.45, 7) is 6.19. The lowest BCUT2D eigenvalue weighted by Crippen LogP contribution is -2.55. The van der Waals surface area contributed by atoms with Gasteiger partial charge in [0, 0.05) is 44.4 Å². The Bertz CT molecular complexity index is 1180. The topological polar surface area (TPSA) is 108 Å². The van der Waals surface area contributed by atoms with E-state index in [1.807, 2.05) is 31.3 Å². The first-order valence-electron chi connectivity index (χ1n) is 13.4. The molecular weight excluding hydrogens is 485 g/mol. The van der Waals surface area contributed by atoms with Crippen LogP contribution in [0.4, 0.5) is 10.1 Å². The molecule has 1 aliphatic heterocycles. The summed E-state index contributed by atoms with van der Waals surface area (Å²) in [5.41, 5.74) is 9.16. The Hall–Kier alpha value is -3.30. The van der Waals surface area contributed by atoms with Crippen molar-refractivity contribution in [1.29, 1.82) is 0 Å². The molecule has 0 radical (unpaired) electrons. The molecule has 0 unspecified atom stereocenters. The first kappa shape index (κ1) is 27.7. The number of piperazine rings is 1. The number of halogens is 1. The molecule has 1 saturated heterocycles. The van der Waals surface area contributed by atoms with Crippen LogP contribution in [0, 0.1) is 5.82 Å². The average molecular weight is 524 g/mol. The highest BCUT2D eigenvalue weighted by Gasteiger charge is 2.34. The number of nitrogens with two attached hydrogens (primary N) is 1. The summed E-state index contributed by atoms with van der Waals surface area (Å²) in [6.07, 6.45) is 1.88. The molecule has 38 heavy (non-hydrogen) atoms. The van der Waals surface area contributed by atoms with Gasteiger partial charge in [-0.15, -0.1) is 0 Å². The lowest BCUT2D eigenvalue weighted by Gasteiger charge is -2.36. The quantitative estimate of drug-likeness (QED) is 0.493. The van der Waals surface area contributed by atoms with E-state index in [9.17, 15) is 14.4 Å². The number of carbonyl (C=O) groups is 3. The van der Waals surface area contributed by atoms with Crippen molar-refractivity contribution < 1.29 is 18.8 Å². The highest BCUT2D eigenvalue weighted by Crippen LogP contribution is 2.35. The predicted molar refractivity (Wildman–Crippen MR) is 145 cm³/mol. The van der Waals surface area contributed by atoms with E-state index >= 15 is 4.39 Å². The fourth-order valence-electron chi connectivity index (χ4n) is 5.37. The SMILES string of the molecule is CCC(=O)N[C@@H](C(=O)N1CCN(C)CC1)[C@@H](C)c1ccc(NC(=O)[C@@H](N)[C@@H]2CCc3ccccc32)c(F)c1. The highest BCUT2D eigenvalue weighted by atomic mass is 19.1. The van der Waals surface area contributed by atoms with Crippen LogP contribution in [0.2, 0.25) is 0 Å². The van der Waals surface area contributed by atoms with Crippen LogP contribution in [0.3, 0.4) is 0 Å². The van der Waals surface area contributed by atoms with Crippen LogP contribution in [-0.2, 0) is 20.8 Å². The molecule has 204 valence electrons. The predicted octanol–water partition coefficient (Wildman–Crippen LogP) is 2.59. The van der Waals surface area contributed by atoms with Gasteiger partial charge in [-0.2, -0.15) is 0 Å². The maximum atomic E-state index is 15.2. The molecule has 0 aromatic heterocycles. The number of amides is 3. The van der Waals surface area contributed by atoms with Gasteiger partial charge in [0.2, 0.25) is 17.7 Å². The summed E-state index contributed by atoms with van der Waals surface area (Å²) >= 11 is 0.